The van der Waals surface area contributed by atoms with Gasteiger partial charge in [0, 0.05) is 44.7 Å². The predicted molar refractivity (Wildman–Crippen MR) is 87.2 cm³/mol. The normalized spacial score (nSPS) is 10.4. The smallest absolute Gasteiger partial charge is 0.231 e. The molecule has 0 aromatic carbocycles. The highest BCUT2D eigenvalue weighted by Gasteiger charge is 2.10. The van der Waals surface area contributed by atoms with Crippen LogP contribution in [0.4, 0.5) is 17.8 Å². The minimum absolute atomic E-state index is 0.573. The van der Waals surface area contributed by atoms with Gasteiger partial charge in [0.25, 0.3) is 0 Å². The number of hydrogen-bond acceptors (Lipinski definition) is 8. The Kier molecular flexibility index (Phi) is 5.68. The average molecular weight is 307 g/mol. The van der Waals surface area contributed by atoms with Gasteiger partial charge < -0.3 is 15.5 Å². The second kappa shape index (κ2) is 7.72. The first-order valence-electron chi connectivity index (χ1n) is 7.07. The van der Waals surface area contributed by atoms with Crippen molar-refractivity contribution in [3.05, 3.63) is 16.6 Å². The van der Waals surface area contributed by atoms with Crippen LogP contribution in [0.5, 0.6) is 0 Å². The van der Waals surface area contributed by atoms with Crippen LogP contribution in [0.3, 0.4) is 0 Å². The fraction of sp³-hybridized carbons (Fsp3) is 0.538. The summed E-state index contributed by atoms with van der Waals surface area (Å²) in [6, 6.07) is 0. The molecule has 2 aromatic rings. The Morgan fingerprint density at radius 1 is 1.14 bits per heavy atom. The molecule has 0 atom stereocenters. The van der Waals surface area contributed by atoms with Crippen LogP contribution in [0.2, 0.25) is 0 Å². The molecule has 0 fully saturated rings. The van der Waals surface area contributed by atoms with Gasteiger partial charge in [-0.3, -0.25) is 0 Å². The molecule has 2 N–H and O–H groups in total. The number of thiazole rings is 1. The standard InChI is InChI=1S/C13H21N7S/c1-4-20(5-2)13-18-11(14-3)17-12(19-13)16-7-6-10-15-8-9-21-10/h8-9H,4-7H2,1-3H3,(H2,14,16,17,18,19). The number of rotatable bonds is 8. The van der Waals surface area contributed by atoms with Crippen LogP contribution in [0, 0.1) is 0 Å². The SMILES string of the molecule is CCN(CC)c1nc(NC)nc(NCCc2nccs2)n1. The summed E-state index contributed by atoms with van der Waals surface area (Å²) in [4.78, 5) is 19.6. The Morgan fingerprint density at radius 3 is 2.52 bits per heavy atom. The molecule has 0 aliphatic carbocycles. The van der Waals surface area contributed by atoms with E-state index in [9.17, 15) is 0 Å². The second-order valence-electron chi connectivity index (χ2n) is 4.31. The Morgan fingerprint density at radius 2 is 1.90 bits per heavy atom. The molecule has 2 heterocycles. The summed E-state index contributed by atoms with van der Waals surface area (Å²) >= 11 is 1.66. The first-order valence-corrected chi connectivity index (χ1v) is 7.95. The molecule has 0 aliphatic rings. The lowest BCUT2D eigenvalue weighted by Gasteiger charge is -2.19. The largest absolute Gasteiger partial charge is 0.357 e. The van der Waals surface area contributed by atoms with Crippen molar-refractivity contribution >= 4 is 29.2 Å². The zero-order valence-corrected chi connectivity index (χ0v) is 13.4. The van der Waals surface area contributed by atoms with Gasteiger partial charge in [-0.15, -0.1) is 11.3 Å². The number of nitrogens with zero attached hydrogens (tertiary/aromatic N) is 5. The van der Waals surface area contributed by atoms with Crippen LogP contribution in [0.25, 0.3) is 0 Å². The summed E-state index contributed by atoms with van der Waals surface area (Å²) in [5, 5.41) is 9.30. The third kappa shape index (κ3) is 4.25. The molecular weight excluding hydrogens is 286 g/mol. The van der Waals surface area contributed by atoms with Gasteiger partial charge in [-0.1, -0.05) is 0 Å². The fourth-order valence-corrected chi connectivity index (χ4v) is 2.48. The van der Waals surface area contributed by atoms with Gasteiger partial charge in [-0.25, -0.2) is 4.98 Å². The highest BCUT2D eigenvalue weighted by Crippen LogP contribution is 2.13. The number of hydrogen-bond donors (Lipinski definition) is 2. The van der Waals surface area contributed by atoms with E-state index in [1.165, 1.54) is 0 Å². The van der Waals surface area contributed by atoms with Gasteiger partial charge >= 0.3 is 0 Å². The summed E-state index contributed by atoms with van der Waals surface area (Å²) in [5.74, 6) is 1.85. The van der Waals surface area contributed by atoms with E-state index >= 15 is 0 Å². The molecule has 114 valence electrons. The molecule has 21 heavy (non-hydrogen) atoms. The van der Waals surface area contributed by atoms with Crippen molar-refractivity contribution in [3.63, 3.8) is 0 Å². The Balaban J connectivity index is 2.05. The fourth-order valence-electron chi connectivity index (χ4n) is 1.86. The van der Waals surface area contributed by atoms with Crippen LogP contribution >= 0.6 is 11.3 Å². The van der Waals surface area contributed by atoms with E-state index in [4.69, 9.17) is 0 Å². The molecule has 2 rings (SSSR count). The molecule has 0 amide bonds. The van der Waals surface area contributed by atoms with Crippen LogP contribution in [-0.4, -0.2) is 46.6 Å². The molecule has 0 saturated heterocycles. The molecule has 7 nitrogen and oxygen atoms in total. The number of anilines is 3. The number of aromatic nitrogens is 4. The molecule has 0 spiro atoms. The van der Waals surface area contributed by atoms with Gasteiger partial charge in [-0.05, 0) is 13.8 Å². The third-order valence-corrected chi connectivity index (χ3v) is 3.84. The van der Waals surface area contributed by atoms with E-state index in [1.807, 2.05) is 11.6 Å². The maximum absolute atomic E-state index is 4.48. The summed E-state index contributed by atoms with van der Waals surface area (Å²) in [5.41, 5.74) is 0. The van der Waals surface area contributed by atoms with E-state index in [0.717, 1.165) is 31.1 Å². The van der Waals surface area contributed by atoms with Crippen molar-refractivity contribution in [1.82, 2.24) is 19.9 Å². The Hall–Kier alpha value is -1.96. The molecule has 2 aromatic heterocycles. The molecule has 0 aliphatic heterocycles. The quantitative estimate of drug-likeness (QED) is 0.770. The third-order valence-electron chi connectivity index (χ3n) is 3.00. The van der Waals surface area contributed by atoms with Crippen LogP contribution in [-0.2, 0) is 6.42 Å². The lowest BCUT2D eigenvalue weighted by atomic mass is 10.4. The maximum Gasteiger partial charge on any atom is 0.231 e. The lowest BCUT2D eigenvalue weighted by Crippen LogP contribution is -2.25. The van der Waals surface area contributed by atoms with E-state index in [-0.39, 0.29) is 0 Å². The topological polar surface area (TPSA) is 78.9 Å². The van der Waals surface area contributed by atoms with Crippen LogP contribution < -0.4 is 15.5 Å². The monoisotopic (exact) mass is 307 g/mol. The van der Waals surface area contributed by atoms with Gasteiger partial charge in [0.2, 0.25) is 17.8 Å². The van der Waals surface area contributed by atoms with Crippen LogP contribution in [0.15, 0.2) is 11.6 Å². The number of nitrogens with one attached hydrogen (secondary N) is 2. The first kappa shape index (κ1) is 15.4. The zero-order chi connectivity index (χ0) is 15.1. The van der Waals surface area contributed by atoms with Gasteiger partial charge in [0.15, 0.2) is 0 Å². The highest BCUT2D eigenvalue weighted by molar-refractivity contribution is 7.09. The molecule has 8 heteroatoms. The van der Waals surface area contributed by atoms with Crippen molar-refractivity contribution in [1.29, 1.82) is 0 Å². The van der Waals surface area contributed by atoms with Crippen molar-refractivity contribution < 1.29 is 0 Å². The van der Waals surface area contributed by atoms with Crippen molar-refractivity contribution in [3.8, 4) is 0 Å². The predicted octanol–water partition coefficient (Wildman–Crippen LogP) is 1.87. The molecular formula is C13H21N7S. The minimum atomic E-state index is 0.573. The van der Waals surface area contributed by atoms with E-state index in [1.54, 1.807) is 18.4 Å². The highest BCUT2D eigenvalue weighted by atomic mass is 32.1. The van der Waals surface area contributed by atoms with E-state index in [0.29, 0.717) is 17.8 Å². The summed E-state index contributed by atoms with van der Waals surface area (Å²) in [7, 11) is 1.81. The molecule has 0 radical (unpaired) electrons. The average Bonchev–Trinajstić information content (AvgIpc) is 3.01. The maximum atomic E-state index is 4.48. The van der Waals surface area contributed by atoms with Crippen molar-refractivity contribution in [2.24, 2.45) is 0 Å². The van der Waals surface area contributed by atoms with Crippen molar-refractivity contribution in [2.45, 2.75) is 20.3 Å². The summed E-state index contributed by atoms with van der Waals surface area (Å²) in [6.07, 6.45) is 2.68. The zero-order valence-electron chi connectivity index (χ0n) is 12.6. The molecule has 0 unspecified atom stereocenters. The summed E-state index contributed by atoms with van der Waals surface area (Å²) < 4.78 is 0. The van der Waals surface area contributed by atoms with Gasteiger partial charge in [-0.2, -0.15) is 15.0 Å². The minimum Gasteiger partial charge on any atom is -0.357 e. The Bertz CT molecular complexity index is 539. The van der Waals surface area contributed by atoms with Crippen LogP contribution in [0.1, 0.15) is 18.9 Å². The van der Waals surface area contributed by atoms with E-state index < -0.39 is 0 Å². The lowest BCUT2D eigenvalue weighted by molar-refractivity contribution is 0.812. The van der Waals surface area contributed by atoms with E-state index in [2.05, 4.69) is 49.3 Å². The Labute approximate surface area is 128 Å². The van der Waals surface area contributed by atoms with Crippen molar-refractivity contribution in [2.75, 3.05) is 42.2 Å². The molecule has 0 bridgehead atoms. The van der Waals surface area contributed by atoms with Gasteiger partial charge in [0.1, 0.15) is 0 Å². The first-order chi connectivity index (χ1) is 10.3. The summed E-state index contributed by atoms with van der Waals surface area (Å²) in [6.45, 7) is 6.65. The molecule has 0 saturated carbocycles. The second-order valence-corrected chi connectivity index (χ2v) is 5.29. The van der Waals surface area contributed by atoms with Gasteiger partial charge in [0.05, 0.1) is 5.01 Å².